The Morgan fingerprint density at radius 3 is 2.95 bits per heavy atom. The van der Waals surface area contributed by atoms with Gasteiger partial charge in [0.2, 0.25) is 0 Å². The van der Waals surface area contributed by atoms with E-state index in [2.05, 4.69) is 15.9 Å². The molecule has 1 fully saturated rings. The molecule has 110 valence electrons. The predicted octanol–water partition coefficient (Wildman–Crippen LogP) is 3.56. The fourth-order valence-electron chi connectivity index (χ4n) is 2.04. The highest BCUT2D eigenvalue weighted by molar-refractivity contribution is 9.10. The molecule has 1 atom stereocenters. The second-order valence-electron chi connectivity index (χ2n) is 4.81. The fourth-order valence-corrected chi connectivity index (χ4v) is 2.40. The van der Waals surface area contributed by atoms with Crippen LogP contribution in [0, 0.1) is 0 Å². The number of rotatable bonds is 5. The molecular weight excluding hydrogens is 324 g/mol. The van der Waals surface area contributed by atoms with Gasteiger partial charge in [-0.15, -0.1) is 0 Å². The molecule has 0 aromatic heterocycles. The highest BCUT2D eigenvalue weighted by Crippen LogP contribution is 2.21. The molecule has 1 heterocycles. The maximum Gasteiger partial charge on any atom is 0.302 e. The van der Waals surface area contributed by atoms with Gasteiger partial charge in [-0.05, 0) is 37.0 Å². The first-order chi connectivity index (χ1) is 9.65. The Morgan fingerprint density at radius 2 is 2.25 bits per heavy atom. The number of halogens is 1. The lowest BCUT2D eigenvalue weighted by molar-refractivity contribution is -0.168. The molecule has 0 saturated carbocycles. The third-order valence-electron chi connectivity index (χ3n) is 3.11. The Labute approximate surface area is 127 Å². The maximum absolute atomic E-state index is 10.9. The Balaban J connectivity index is 1.90. The summed E-state index contributed by atoms with van der Waals surface area (Å²) in [6, 6.07) is 5.92. The van der Waals surface area contributed by atoms with Crippen LogP contribution < -0.4 is 0 Å². The highest BCUT2D eigenvalue weighted by Gasteiger charge is 2.14. The number of hydrogen-bond donors (Lipinski definition) is 0. The van der Waals surface area contributed by atoms with Crippen LogP contribution >= 0.6 is 15.9 Å². The lowest BCUT2D eigenvalue weighted by Gasteiger charge is -2.22. The van der Waals surface area contributed by atoms with Crippen LogP contribution in [0.4, 0.5) is 0 Å². The minimum Gasteiger partial charge on any atom is -0.461 e. The largest absolute Gasteiger partial charge is 0.461 e. The van der Waals surface area contributed by atoms with Crippen molar-refractivity contribution in [2.24, 2.45) is 0 Å². The standard InChI is InChI=1S/C15H19BrO4/c1-11(17)19-10-13-8-12(5-6-14(13)16)9-20-15-4-2-3-7-18-15/h5-6,8,15H,2-4,7,9-10H2,1H3. The van der Waals surface area contributed by atoms with E-state index in [1.165, 1.54) is 6.92 Å². The molecule has 5 heteroatoms. The van der Waals surface area contributed by atoms with Crippen LogP contribution in [-0.2, 0) is 32.2 Å². The van der Waals surface area contributed by atoms with E-state index in [1.54, 1.807) is 0 Å². The maximum atomic E-state index is 10.9. The van der Waals surface area contributed by atoms with E-state index < -0.39 is 0 Å². The van der Waals surface area contributed by atoms with Crippen molar-refractivity contribution in [3.05, 3.63) is 33.8 Å². The van der Waals surface area contributed by atoms with Gasteiger partial charge in [-0.2, -0.15) is 0 Å². The van der Waals surface area contributed by atoms with Gasteiger partial charge < -0.3 is 14.2 Å². The number of hydrogen-bond acceptors (Lipinski definition) is 4. The van der Waals surface area contributed by atoms with E-state index in [0.29, 0.717) is 6.61 Å². The van der Waals surface area contributed by atoms with Gasteiger partial charge in [0.1, 0.15) is 6.61 Å². The molecule has 20 heavy (non-hydrogen) atoms. The number of carbonyl (C=O) groups is 1. The van der Waals surface area contributed by atoms with Crippen LogP contribution in [0.3, 0.4) is 0 Å². The van der Waals surface area contributed by atoms with Gasteiger partial charge >= 0.3 is 5.97 Å². The number of esters is 1. The number of ether oxygens (including phenoxy) is 3. The molecule has 0 bridgehead atoms. The molecule has 0 amide bonds. The predicted molar refractivity (Wildman–Crippen MR) is 78.0 cm³/mol. The van der Waals surface area contributed by atoms with E-state index in [0.717, 1.165) is 41.5 Å². The summed E-state index contributed by atoms with van der Waals surface area (Å²) in [4.78, 5) is 10.9. The Kier molecular flexibility index (Phi) is 6.01. The highest BCUT2D eigenvalue weighted by atomic mass is 79.9. The molecule has 4 nitrogen and oxygen atoms in total. The van der Waals surface area contributed by atoms with Gasteiger partial charge in [0.25, 0.3) is 0 Å². The average Bonchev–Trinajstić information content (AvgIpc) is 2.46. The van der Waals surface area contributed by atoms with Gasteiger partial charge in [-0.3, -0.25) is 4.79 Å². The lowest BCUT2D eigenvalue weighted by atomic mass is 10.1. The monoisotopic (exact) mass is 342 g/mol. The summed E-state index contributed by atoms with van der Waals surface area (Å²) < 4.78 is 17.2. The van der Waals surface area contributed by atoms with E-state index in [9.17, 15) is 4.79 Å². The SMILES string of the molecule is CC(=O)OCc1cc(COC2CCCCO2)ccc1Br. The molecular formula is C15H19BrO4. The van der Waals surface area contributed by atoms with E-state index in [-0.39, 0.29) is 18.9 Å². The second-order valence-corrected chi connectivity index (χ2v) is 5.67. The summed E-state index contributed by atoms with van der Waals surface area (Å²) in [5.74, 6) is -0.283. The number of carbonyl (C=O) groups excluding carboxylic acids is 1. The molecule has 1 saturated heterocycles. The smallest absolute Gasteiger partial charge is 0.302 e. The third-order valence-corrected chi connectivity index (χ3v) is 3.89. The van der Waals surface area contributed by atoms with Crippen LogP contribution in [0.5, 0.6) is 0 Å². The molecule has 0 spiro atoms. The van der Waals surface area contributed by atoms with Crippen molar-refractivity contribution in [3.63, 3.8) is 0 Å². The zero-order chi connectivity index (χ0) is 14.4. The Bertz CT molecular complexity index is 455. The molecule has 1 aliphatic rings. The Morgan fingerprint density at radius 1 is 1.40 bits per heavy atom. The van der Waals surface area contributed by atoms with Crippen molar-refractivity contribution < 1.29 is 19.0 Å². The Hall–Kier alpha value is -0.910. The summed E-state index contributed by atoms with van der Waals surface area (Å²) >= 11 is 3.45. The molecule has 1 aliphatic heterocycles. The van der Waals surface area contributed by atoms with Crippen LogP contribution in [0.25, 0.3) is 0 Å². The quantitative estimate of drug-likeness (QED) is 0.767. The van der Waals surface area contributed by atoms with Crippen molar-refractivity contribution >= 4 is 21.9 Å². The molecule has 0 N–H and O–H groups in total. The van der Waals surface area contributed by atoms with Crippen molar-refractivity contribution in [3.8, 4) is 0 Å². The van der Waals surface area contributed by atoms with Crippen LogP contribution in [-0.4, -0.2) is 18.9 Å². The molecule has 2 rings (SSSR count). The van der Waals surface area contributed by atoms with Crippen LogP contribution in [0.15, 0.2) is 22.7 Å². The fraction of sp³-hybridized carbons (Fsp3) is 0.533. The molecule has 0 radical (unpaired) electrons. The van der Waals surface area contributed by atoms with E-state index in [1.807, 2.05) is 18.2 Å². The van der Waals surface area contributed by atoms with E-state index >= 15 is 0 Å². The molecule has 1 aromatic carbocycles. The summed E-state index contributed by atoms with van der Waals surface area (Å²) in [6.07, 6.45) is 3.13. The number of benzene rings is 1. The molecule has 1 aromatic rings. The van der Waals surface area contributed by atoms with Crippen molar-refractivity contribution in [2.75, 3.05) is 6.61 Å². The third kappa shape index (κ3) is 4.89. The van der Waals surface area contributed by atoms with Gasteiger partial charge in [0, 0.05) is 23.6 Å². The zero-order valence-electron chi connectivity index (χ0n) is 11.6. The minimum absolute atomic E-state index is 0.0932. The molecule has 0 aliphatic carbocycles. The van der Waals surface area contributed by atoms with Crippen molar-refractivity contribution in [1.29, 1.82) is 0 Å². The van der Waals surface area contributed by atoms with Crippen LogP contribution in [0.1, 0.15) is 37.3 Å². The van der Waals surface area contributed by atoms with Gasteiger partial charge in [-0.1, -0.05) is 22.0 Å². The van der Waals surface area contributed by atoms with Crippen molar-refractivity contribution in [1.82, 2.24) is 0 Å². The van der Waals surface area contributed by atoms with Crippen molar-refractivity contribution in [2.45, 2.75) is 45.7 Å². The van der Waals surface area contributed by atoms with Gasteiger partial charge in [0.05, 0.1) is 6.61 Å². The first-order valence-corrected chi connectivity index (χ1v) is 7.58. The average molecular weight is 343 g/mol. The second kappa shape index (κ2) is 7.76. The normalized spacial score (nSPS) is 18.8. The summed E-state index contributed by atoms with van der Waals surface area (Å²) in [5, 5.41) is 0. The topological polar surface area (TPSA) is 44.8 Å². The summed E-state index contributed by atoms with van der Waals surface area (Å²) in [5.41, 5.74) is 1.98. The lowest BCUT2D eigenvalue weighted by Crippen LogP contribution is -2.22. The van der Waals surface area contributed by atoms with Crippen LogP contribution in [0.2, 0.25) is 0 Å². The zero-order valence-corrected chi connectivity index (χ0v) is 13.1. The molecule has 1 unspecified atom stereocenters. The summed E-state index contributed by atoms with van der Waals surface area (Å²) in [7, 11) is 0. The van der Waals surface area contributed by atoms with Gasteiger partial charge in [-0.25, -0.2) is 0 Å². The summed E-state index contributed by atoms with van der Waals surface area (Å²) in [6.45, 7) is 2.96. The van der Waals surface area contributed by atoms with E-state index in [4.69, 9.17) is 14.2 Å². The van der Waals surface area contributed by atoms with Gasteiger partial charge in [0.15, 0.2) is 6.29 Å². The first-order valence-electron chi connectivity index (χ1n) is 6.79. The first kappa shape index (κ1) is 15.5. The minimum atomic E-state index is -0.283.